The van der Waals surface area contributed by atoms with Gasteiger partial charge in [0.05, 0.1) is 5.69 Å². The van der Waals surface area contributed by atoms with Crippen molar-refractivity contribution in [2.24, 2.45) is 0 Å². The van der Waals surface area contributed by atoms with Crippen LogP contribution >= 0.6 is 0 Å². The van der Waals surface area contributed by atoms with E-state index in [2.05, 4.69) is 28.6 Å². The standard InChI is InChI=1S/C18H18N4/c1-19-11-5-6-16-14-22(17-7-3-2-4-8-17)21-18(16)15-9-12-20-13-10-15/h2-10,12-14,19H,11H2,1H3. The van der Waals surface area contributed by atoms with Gasteiger partial charge in [-0.2, -0.15) is 5.10 Å². The SMILES string of the molecule is CNCC=Cc1cn(-c2ccccc2)nc1-c1ccncc1. The molecule has 0 bridgehead atoms. The van der Waals surface area contributed by atoms with E-state index in [4.69, 9.17) is 5.10 Å². The maximum atomic E-state index is 4.75. The molecule has 0 spiro atoms. The highest BCUT2D eigenvalue weighted by molar-refractivity contribution is 5.71. The van der Waals surface area contributed by atoms with E-state index in [0.717, 1.165) is 29.1 Å². The third-order valence-corrected chi connectivity index (χ3v) is 3.34. The minimum atomic E-state index is 0.826. The molecule has 0 aliphatic rings. The zero-order valence-corrected chi connectivity index (χ0v) is 12.5. The Balaban J connectivity index is 2.05. The predicted octanol–water partition coefficient (Wildman–Crippen LogP) is 3.17. The van der Waals surface area contributed by atoms with Crippen LogP contribution in [0.25, 0.3) is 23.0 Å². The molecule has 4 heteroatoms. The maximum absolute atomic E-state index is 4.75. The molecule has 1 aromatic carbocycles. The lowest BCUT2D eigenvalue weighted by Gasteiger charge is -2.00. The maximum Gasteiger partial charge on any atom is 0.100 e. The van der Waals surface area contributed by atoms with Crippen molar-refractivity contribution in [3.63, 3.8) is 0 Å². The van der Waals surface area contributed by atoms with Crippen molar-refractivity contribution in [2.75, 3.05) is 13.6 Å². The molecule has 0 saturated heterocycles. The highest BCUT2D eigenvalue weighted by Gasteiger charge is 2.09. The minimum Gasteiger partial charge on any atom is -0.316 e. The number of rotatable bonds is 5. The molecule has 0 atom stereocenters. The molecular formula is C18H18N4. The topological polar surface area (TPSA) is 42.7 Å². The third-order valence-electron chi connectivity index (χ3n) is 3.34. The molecule has 0 aliphatic carbocycles. The van der Waals surface area contributed by atoms with Crippen LogP contribution in [0.3, 0.4) is 0 Å². The Bertz CT molecular complexity index is 745. The van der Waals surface area contributed by atoms with Crippen LogP contribution in [-0.4, -0.2) is 28.4 Å². The molecule has 0 unspecified atom stereocenters. The smallest absolute Gasteiger partial charge is 0.100 e. The molecule has 2 heterocycles. The van der Waals surface area contributed by atoms with Crippen molar-refractivity contribution in [2.45, 2.75) is 0 Å². The van der Waals surface area contributed by atoms with Crippen molar-refractivity contribution in [3.8, 4) is 16.9 Å². The van der Waals surface area contributed by atoms with Crippen LogP contribution in [0.2, 0.25) is 0 Å². The number of aromatic nitrogens is 3. The van der Waals surface area contributed by atoms with Crippen molar-refractivity contribution in [1.29, 1.82) is 0 Å². The van der Waals surface area contributed by atoms with Crippen LogP contribution in [0, 0.1) is 0 Å². The zero-order chi connectivity index (χ0) is 15.2. The van der Waals surface area contributed by atoms with Crippen molar-refractivity contribution in [1.82, 2.24) is 20.1 Å². The van der Waals surface area contributed by atoms with E-state index < -0.39 is 0 Å². The second-order valence-electron chi connectivity index (χ2n) is 4.91. The molecule has 22 heavy (non-hydrogen) atoms. The van der Waals surface area contributed by atoms with Gasteiger partial charge in [0.2, 0.25) is 0 Å². The van der Waals surface area contributed by atoms with Crippen LogP contribution in [0.4, 0.5) is 0 Å². The lowest BCUT2D eigenvalue weighted by atomic mass is 10.1. The molecule has 0 saturated carbocycles. The normalized spacial score (nSPS) is 11.1. The van der Waals surface area contributed by atoms with Gasteiger partial charge >= 0.3 is 0 Å². The van der Waals surface area contributed by atoms with Gasteiger partial charge < -0.3 is 5.32 Å². The Morgan fingerprint density at radius 3 is 2.59 bits per heavy atom. The highest BCUT2D eigenvalue weighted by atomic mass is 15.3. The van der Waals surface area contributed by atoms with E-state index in [-0.39, 0.29) is 0 Å². The van der Waals surface area contributed by atoms with Gasteiger partial charge in [-0.3, -0.25) is 4.98 Å². The number of likely N-dealkylation sites (N-methyl/N-ethyl adjacent to an activating group) is 1. The van der Waals surface area contributed by atoms with Gasteiger partial charge in [-0.15, -0.1) is 0 Å². The van der Waals surface area contributed by atoms with Gasteiger partial charge in [0.25, 0.3) is 0 Å². The van der Waals surface area contributed by atoms with E-state index in [0.29, 0.717) is 0 Å². The summed E-state index contributed by atoms with van der Waals surface area (Å²) in [4.78, 5) is 4.08. The van der Waals surface area contributed by atoms with Gasteiger partial charge in [0.1, 0.15) is 5.69 Å². The second-order valence-corrected chi connectivity index (χ2v) is 4.91. The average molecular weight is 290 g/mol. The molecule has 3 rings (SSSR count). The van der Waals surface area contributed by atoms with Crippen molar-refractivity contribution in [3.05, 3.63) is 72.7 Å². The fourth-order valence-electron chi connectivity index (χ4n) is 2.26. The first-order valence-electron chi connectivity index (χ1n) is 7.25. The fourth-order valence-corrected chi connectivity index (χ4v) is 2.26. The first-order chi connectivity index (χ1) is 10.9. The number of benzene rings is 1. The summed E-state index contributed by atoms with van der Waals surface area (Å²) in [6.45, 7) is 0.826. The number of hydrogen-bond acceptors (Lipinski definition) is 3. The van der Waals surface area contributed by atoms with Crippen molar-refractivity contribution >= 4 is 6.08 Å². The van der Waals surface area contributed by atoms with Gasteiger partial charge in [0, 0.05) is 36.3 Å². The number of para-hydroxylation sites is 1. The van der Waals surface area contributed by atoms with Crippen LogP contribution in [0.1, 0.15) is 5.56 Å². The summed E-state index contributed by atoms with van der Waals surface area (Å²) in [7, 11) is 1.93. The molecule has 0 aliphatic heterocycles. The van der Waals surface area contributed by atoms with Crippen LogP contribution < -0.4 is 5.32 Å². The van der Waals surface area contributed by atoms with E-state index in [1.807, 2.05) is 54.2 Å². The summed E-state index contributed by atoms with van der Waals surface area (Å²) in [5.74, 6) is 0. The highest BCUT2D eigenvalue weighted by Crippen LogP contribution is 2.24. The summed E-state index contributed by atoms with van der Waals surface area (Å²) in [6, 6.07) is 14.1. The molecule has 0 fully saturated rings. The predicted molar refractivity (Wildman–Crippen MR) is 89.8 cm³/mol. The van der Waals surface area contributed by atoms with Gasteiger partial charge in [-0.1, -0.05) is 30.4 Å². The third kappa shape index (κ3) is 3.13. The van der Waals surface area contributed by atoms with Crippen LogP contribution in [0.15, 0.2) is 67.1 Å². The molecule has 0 amide bonds. The largest absolute Gasteiger partial charge is 0.316 e. The number of hydrogen-bond donors (Lipinski definition) is 1. The molecule has 3 aromatic rings. The Hall–Kier alpha value is -2.72. The van der Waals surface area contributed by atoms with E-state index in [1.54, 1.807) is 12.4 Å². The van der Waals surface area contributed by atoms with Crippen LogP contribution in [-0.2, 0) is 0 Å². The summed E-state index contributed by atoms with van der Waals surface area (Å²) in [5, 5.41) is 7.86. The Morgan fingerprint density at radius 2 is 1.86 bits per heavy atom. The number of nitrogens with zero attached hydrogens (tertiary/aromatic N) is 3. The minimum absolute atomic E-state index is 0.826. The monoisotopic (exact) mass is 290 g/mol. The number of pyridine rings is 1. The van der Waals surface area contributed by atoms with Gasteiger partial charge in [-0.05, 0) is 31.3 Å². The molecule has 110 valence electrons. The average Bonchev–Trinajstić information content (AvgIpc) is 3.01. The summed E-state index contributed by atoms with van der Waals surface area (Å²) < 4.78 is 1.91. The van der Waals surface area contributed by atoms with Crippen LogP contribution in [0.5, 0.6) is 0 Å². The van der Waals surface area contributed by atoms with E-state index >= 15 is 0 Å². The number of nitrogens with one attached hydrogen (secondary N) is 1. The lowest BCUT2D eigenvalue weighted by Crippen LogP contribution is -2.03. The van der Waals surface area contributed by atoms with E-state index in [1.165, 1.54) is 0 Å². The first-order valence-corrected chi connectivity index (χ1v) is 7.25. The molecule has 0 radical (unpaired) electrons. The second kappa shape index (κ2) is 6.83. The molecule has 2 aromatic heterocycles. The first kappa shape index (κ1) is 14.2. The summed E-state index contributed by atoms with van der Waals surface area (Å²) in [5.41, 5.74) is 4.16. The molecule has 4 nitrogen and oxygen atoms in total. The Labute approximate surface area is 130 Å². The quantitative estimate of drug-likeness (QED) is 0.785. The van der Waals surface area contributed by atoms with Crippen molar-refractivity contribution < 1.29 is 0 Å². The van der Waals surface area contributed by atoms with Gasteiger partial charge in [0.15, 0.2) is 0 Å². The molecule has 1 N–H and O–H groups in total. The molecular weight excluding hydrogens is 272 g/mol. The summed E-state index contributed by atoms with van der Waals surface area (Å²) >= 11 is 0. The van der Waals surface area contributed by atoms with Gasteiger partial charge in [-0.25, -0.2) is 4.68 Å². The lowest BCUT2D eigenvalue weighted by molar-refractivity contribution is 0.884. The van der Waals surface area contributed by atoms with E-state index in [9.17, 15) is 0 Å². The Kier molecular flexibility index (Phi) is 4.41. The fraction of sp³-hybridized carbons (Fsp3) is 0.111. The zero-order valence-electron chi connectivity index (χ0n) is 12.5. The Morgan fingerprint density at radius 1 is 1.09 bits per heavy atom. The summed E-state index contributed by atoms with van der Waals surface area (Å²) in [6.07, 6.45) is 9.82.